The fraction of sp³-hybridized carbons (Fsp3) is 0.595. The van der Waals surface area contributed by atoms with E-state index in [4.69, 9.17) is 4.74 Å². The number of benzene rings is 2. The molecule has 2 aromatic carbocycles. The van der Waals surface area contributed by atoms with Gasteiger partial charge >= 0.3 is 6.09 Å². The minimum Gasteiger partial charge on any atom is -0.508 e. The van der Waals surface area contributed by atoms with Crippen LogP contribution in [0.3, 0.4) is 0 Å². The van der Waals surface area contributed by atoms with Crippen molar-refractivity contribution in [1.29, 1.82) is 0 Å². The lowest BCUT2D eigenvalue weighted by Crippen LogP contribution is -2.54. The molecule has 0 heterocycles. The normalized spacial score (nSPS) is 15.1. The number of amides is 3. The number of rotatable bonds is 15. The van der Waals surface area contributed by atoms with Crippen LogP contribution in [0.25, 0.3) is 0 Å². The van der Waals surface area contributed by atoms with Crippen LogP contribution < -0.4 is 10.6 Å². The minimum atomic E-state index is -0.953. The van der Waals surface area contributed by atoms with Crippen molar-refractivity contribution in [3.63, 3.8) is 0 Å². The fourth-order valence-corrected chi connectivity index (χ4v) is 5.98. The van der Waals surface area contributed by atoms with Gasteiger partial charge in [0.2, 0.25) is 11.8 Å². The highest BCUT2D eigenvalue weighted by atomic mass is 16.6. The number of aromatic hydroxyl groups is 1. The van der Waals surface area contributed by atoms with Crippen molar-refractivity contribution in [1.82, 2.24) is 15.5 Å². The van der Waals surface area contributed by atoms with Crippen LogP contribution in [0.2, 0.25) is 0 Å². The van der Waals surface area contributed by atoms with Gasteiger partial charge in [0.25, 0.3) is 0 Å². The van der Waals surface area contributed by atoms with Gasteiger partial charge in [0, 0.05) is 19.0 Å². The first-order valence-corrected chi connectivity index (χ1v) is 16.9. The molecule has 3 rings (SSSR count). The standard InChI is InChI=1S/C37H55N3O5/c1-6-7-8-9-10-17-24-40(35(43)31(26-28-18-13-11-14-19-28)39-36(44)45-37(3,4)5)33(29-22-23-32(41)27(2)25-29)34(42)38-30-20-15-12-16-21-30/h11,13-14,18-19,22-23,25,30-31,33,41H,6-10,12,15-17,20-21,24,26H2,1-5H3,(H,38,42)(H,39,44). The molecule has 0 radical (unpaired) electrons. The Morgan fingerprint density at radius 3 is 2.27 bits per heavy atom. The Morgan fingerprint density at radius 1 is 0.956 bits per heavy atom. The summed E-state index contributed by atoms with van der Waals surface area (Å²) in [6, 6.07) is 12.8. The molecule has 3 amide bonds. The number of hydrogen-bond donors (Lipinski definition) is 3. The number of alkyl carbamates (subject to hydrolysis) is 1. The maximum Gasteiger partial charge on any atom is 0.408 e. The van der Waals surface area contributed by atoms with E-state index >= 15 is 0 Å². The zero-order chi connectivity index (χ0) is 32.8. The number of carbonyl (C=O) groups is 3. The lowest BCUT2D eigenvalue weighted by molar-refractivity contribution is -0.143. The summed E-state index contributed by atoms with van der Waals surface area (Å²) >= 11 is 0. The van der Waals surface area contributed by atoms with Crippen molar-refractivity contribution in [2.45, 2.75) is 135 Å². The quantitative estimate of drug-likeness (QED) is 0.178. The van der Waals surface area contributed by atoms with Crippen LogP contribution in [0.15, 0.2) is 48.5 Å². The van der Waals surface area contributed by atoms with Gasteiger partial charge in [-0.15, -0.1) is 0 Å². The molecule has 0 bridgehead atoms. The number of phenolic OH excluding ortho intramolecular Hbond substituents is 1. The molecule has 8 heteroatoms. The number of carbonyl (C=O) groups excluding carboxylic acids is 3. The summed E-state index contributed by atoms with van der Waals surface area (Å²) in [6.07, 6.45) is 10.8. The number of phenols is 1. The minimum absolute atomic E-state index is 0.0537. The van der Waals surface area contributed by atoms with Gasteiger partial charge in [-0.2, -0.15) is 0 Å². The van der Waals surface area contributed by atoms with Gasteiger partial charge in [-0.25, -0.2) is 4.79 Å². The van der Waals surface area contributed by atoms with E-state index in [9.17, 15) is 19.5 Å². The Balaban J connectivity index is 2.01. The monoisotopic (exact) mass is 621 g/mol. The molecular weight excluding hydrogens is 566 g/mol. The molecule has 0 saturated heterocycles. The van der Waals surface area contributed by atoms with Crippen molar-refractivity contribution in [3.05, 3.63) is 65.2 Å². The van der Waals surface area contributed by atoms with Gasteiger partial charge in [0.1, 0.15) is 23.4 Å². The van der Waals surface area contributed by atoms with Gasteiger partial charge in [-0.1, -0.05) is 94.7 Å². The third-order valence-electron chi connectivity index (χ3n) is 8.36. The predicted molar refractivity (Wildman–Crippen MR) is 179 cm³/mol. The molecular formula is C37H55N3O5. The number of ether oxygens (including phenoxy) is 1. The summed E-state index contributed by atoms with van der Waals surface area (Å²) in [4.78, 5) is 43.6. The first kappa shape index (κ1) is 35.9. The highest BCUT2D eigenvalue weighted by molar-refractivity contribution is 5.92. The zero-order valence-electron chi connectivity index (χ0n) is 28.1. The molecule has 45 heavy (non-hydrogen) atoms. The largest absolute Gasteiger partial charge is 0.508 e. The van der Waals surface area contributed by atoms with Crippen molar-refractivity contribution in [2.75, 3.05) is 6.54 Å². The van der Waals surface area contributed by atoms with Crippen LogP contribution in [0.4, 0.5) is 4.79 Å². The highest BCUT2D eigenvalue weighted by Gasteiger charge is 2.37. The Hall–Kier alpha value is -3.55. The van der Waals surface area contributed by atoms with Crippen LogP contribution in [0.5, 0.6) is 5.75 Å². The Bertz CT molecular complexity index is 1220. The highest BCUT2D eigenvalue weighted by Crippen LogP contribution is 2.29. The van der Waals surface area contributed by atoms with E-state index in [1.807, 2.05) is 30.3 Å². The summed E-state index contributed by atoms with van der Waals surface area (Å²) in [6.45, 7) is 9.67. The van der Waals surface area contributed by atoms with E-state index in [1.54, 1.807) is 50.8 Å². The molecule has 0 spiro atoms. The molecule has 248 valence electrons. The van der Waals surface area contributed by atoms with Crippen LogP contribution in [0.1, 0.15) is 121 Å². The van der Waals surface area contributed by atoms with Crippen LogP contribution in [0, 0.1) is 6.92 Å². The fourth-order valence-electron chi connectivity index (χ4n) is 5.98. The molecule has 2 unspecified atom stereocenters. The maximum absolute atomic E-state index is 14.7. The van der Waals surface area contributed by atoms with Crippen LogP contribution in [-0.2, 0) is 20.7 Å². The number of hydrogen-bond acceptors (Lipinski definition) is 5. The number of nitrogens with zero attached hydrogens (tertiary/aromatic N) is 1. The smallest absolute Gasteiger partial charge is 0.408 e. The lowest BCUT2D eigenvalue weighted by Gasteiger charge is -2.36. The molecule has 1 aliphatic rings. The van der Waals surface area contributed by atoms with E-state index in [2.05, 4.69) is 17.6 Å². The first-order chi connectivity index (χ1) is 21.5. The van der Waals surface area contributed by atoms with E-state index in [0.29, 0.717) is 17.7 Å². The zero-order valence-corrected chi connectivity index (χ0v) is 28.1. The third-order valence-corrected chi connectivity index (χ3v) is 8.36. The summed E-state index contributed by atoms with van der Waals surface area (Å²) in [5.41, 5.74) is 1.40. The molecule has 3 N–H and O–H groups in total. The second kappa shape index (κ2) is 17.8. The van der Waals surface area contributed by atoms with Gasteiger partial charge in [-0.3, -0.25) is 9.59 Å². The van der Waals surface area contributed by atoms with E-state index in [-0.39, 0.29) is 30.0 Å². The molecule has 8 nitrogen and oxygen atoms in total. The van der Waals surface area contributed by atoms with Gasteiger partial charge in [0.15, 0.2) is 0 Å². The summed E-state index contributed by atoms with van der Waals surface area (Å²) < 4.78 is 5.57. The molecule has 2 aromatic rings. The Kier molecular flexibility index (Phi) is 14.2. The van der Waals surface area contributed by atoms with E-state index in [1.165, 1.54) is 6.42 Å². The number of unbranched alkanes of at least 4 members (excludes halogenated alkanes) is 5. The SMILES string of the molecule is CCCCCCCCN(C(=O)C(Cc1ccccc1)NC(=O)OC(C)(C)C)C(C(=O)NC1CCCCC1)c1ccc(O)c(C)c1. The molecule has 1 fully saturated rings. The average Bonchev–Trinajstić information content (AvgIpc) is 2.99. The van der Waals surface area contributed by atoms with E-state index < -0.39 is 23.8 Å². The van der Waals surface area contributed by atoms with E-state index in [0.717, 1.165) is 69.8 Å². The maximum atomic E-state index is 14.7. The summed E-state index contributed by atoms with van der Waals surface area (Å²) in [7, 11) is 0. The first-order valence-electron chi connectivity index (χ1n) is 16.9. The van der Waals surface area contributed by atoms with Crippen LogP contribution in [-0.4, -0.2) is 52.1 Å². The molecule has 2 atom stereocenters. The molecule has 1 saturated carbocycles. The van der Waals surface area contributed by atoms with Gasteiger partial charge in [0.05, 0.1) is 0 Å². The van der Waals surface area contributed by atoms with Crippen molar-refractivity contribution >= 4 is 17.9 Å². The van der Waals surface area contributed by atoms with Gasteiger partial charge in [-0.05, 0) is 75.8 Å². The molecule has 1 aliphatic carbocycles. The van der Waals surface area contributed by atoms with Gasteiger partial charge < -0.3 is 25.4 Å². The molecule has 0 aliphatic heterocycles. The predicted octanol–water partition coefficient (Wildman–Crippen LogP) is 7.52. The number of nitrogens with one attached hydrogen (secondary N) is 2. The van der Waals surface area contributed by atoms with Crippen molar-refractivity contribution < 1.29 is 24.2 Å². The average molecular weight is 622 g/mol. The Morgan fingerprint density at radius 2 is 1.62 bits per heavy atom. The van der Waals surface area contributed by atoms with Crippen LogP contribution >= 0.6 is 0 Å². The second-order valence-electron chi connectivity index (χ2n) is 13.5. The molecule has 0 aromatic heterocycles. The second-order valence-corrected chi connectivity index (χ2v) is 13.5. The van der Waals surface area contributed by atoms with Crippen molar-refractivity contribution in [2.24, 2.45) is 0 Å². The lowest BCUT2D eigenvalue weighted by atomic mass is 9.94. The number of aryl methyl sites for hydroxylation is 1. The summed E-state index contributed by atoms with van der Waals surface area (Å²) in [5.74, 6) is -0.442. The Labute approximate surface area is 270 Å². The summed E-state index contributed by atoms with van der Waals surface area (Å²) in [5, 5.41) is 16.4. The third kappa shape index (κ3) is 12.0. The van der Waals surface area contributed by atoms with Crippen molar-refractivity contribution in [3.8, 4) is 5.75 Å². The topological polar surface area (TPSA) is 108 Å².